The normalized spacial score (nSPS) is 32.3. The lowest BCUT2D eigenvalue weighted by molar-refractivity contribution is -0.277. The maximum absolute atomic E-state index is 12.3. The molecule has 15 heteroatoms. The van der Waals surface area contributed by atoms with E-state index in [-0.39, 0.29) is 23.9 Å². The average Bonchev–Trinajstić information content (AvgIpc) is 3.04. The van der Waals surface area contributed by atoms with E-state index >= 15 is 0 Å². The third-order valence-electron chi connectivity index (χ3n) is 7.10. The van der Waals surface area contributed by atoms with Gasteiger partial charge in [0.05, 0.1) is 20.3 Å². The highest BCUT2D eigenvalue weighted by atomic mass is 16.7. The molecule has 0 amide bonds. The lowest BCUT2D eigenvalue weighted by Crippen LogP contribution is -2.60. The second kappa shape index (κ2) is 15.1. The molecule has 10 unspecified atom stereocenters. The maximum Gasteiger partial charge on any atom is 0.331 e. The van der Waals surface area contributed by atoms with E-state index in [0.29, 0.717) is 11.1 Å². The second-order valence-corrected chi connectivity index (χ2v) is 10.1. The Hall–Kier alpha value is -3.35. The molecule has 2 fully saturated rings. The predicted molar refractivity (Wildman–Crippen MR) is 147 cm³/mol. The van der Waals surface area contributed by atoms with Crippen molar-refractivity contribution < 1.29 is 74.1 Å². The first-order chi connectivity index (χ1) is 21.1. The van der Waals surface area contributed by atoms with Crippen LogP contribution in [0.1, 0.15) is 11.1 Å². The summed E-state index contributed by atoms with van der Waals surface area (Å²) in [6, 6.07) is 10.9. The van der Waals surface area contributed by atoms with Gasteiger partial charge in [0.15, 0.2) is 11.5 Å². The molecule has 0 spiro atoms. The number of benzene rings is 2. The van der Waals surface area contributed by atoms with Gasteiger partial charge in [-0.2, -0.15) is 0 Å². The van der Waals surface area contributed by atoms with Crippen LogP contribution in [0.3, 0.4) is 0 Å². The molecule has 15 nitrogen and oxygen atoms in total. The molecule has 2 aliphatic heterocycles. The van der Waals surface area contributed by atoms with Gasteiger partial charge in [0.2, 0.25) is 12.6 Å². The minimum absolute atomic E-state index is 0.0707. The summed E-state index contributed by atoms with van der Waals surface area (Å²) in [5.41, 5.74) is 1.15. The van der Waals surface area contributed by atoms with Gasteiger partial charge >= 0.3 is 5.97 Å². The first-order valence-electron chi connectivity index (χ1n) is 13.6. The average molecular weight is 625 g/mol. The van der Waals surface area contributed by atoms with Crippen molar-refractivity contribution in [2.75, 3.05) is 20.3 Å². The summed E-state index contributed by atoms with van der Waals surface area (Å²) in [6.07, 6.45) is -11.6. The lowest BCUT2D eigenvalue weighted by Gasteiger charge is -2.39. The molecule has 0 aliphatic carbocycles. The van der Waals surface area contributed by atoms with Crippen molar-refractivity contribution in [2.24, 2.45) is 0 Å². The van der Waals surface area contributed by atoms with E-state index in [4.69, 9.17) is 28.4 Å². The fraction of sp³-hybridized carbons (Fsp3) is 0.483. The Morgan fingerprint density at radius 3 is 1.86 bits per heavy atom. The number of esters is 1. The molecule has 10 atom stereocenters. The van der Waals surface area contributed by atoms with Gasteiger partial charge in [-0.25, -0.2) is 4.79 Å². The van der Waals surface area contributed by atoms with Crippen LogP contribution < -0.4 is 14.2 Å². The molecule has 4 rings (SSSR count). The van der Waals surface area contributed by atoms with Gasteiger partial charge in [-0.1, -0.05) is 18.2 Å². The zero-order valence-electron chi connectivity index (χ0n) is 23.5. The number of carbonyl (C=O) groups excluding carboxylic acids is 1. The van der Waals surface area contributed by atoms with Crippen LogP contribution in [0.5, 0.6) is 17.2 Å². The molecular formula is C29H36O15. The van der Waals surface area contributed by atoms with Gasteiger partial charge in [-0.05, 0) is 41.5 Å². The van der Waals surface area contributed by atoms with Crippen LogP contribution in [-0.4, -0.2) is 129 Å². The molecule has 0 radical (unpaired) electrons. The Bertz CT molecular complexity index is 1250. The topological polar surface area (TPSA) is 234 Å². The van der Waals surface area contributed by atoms with Crippen LogP contribution >= 0.6 is 0 Å². The molecule has 2 saturated heterocycles. The van der Waals surface area contributed by atoms with Crippen molar-refractivity contribution >= 4 is 12.0 Å². The Balaban J connectivity index is 1.29. The van der Waals surface area contributed by atoms with E-state index in [0.717, 1.165) is 0 Å². The van der Waals surface area contributed by atoms with Crippen molar-refractivity contribution in [2.45, 2.75) is 68.0 Å². The summed E-state index contributed by atoms with van der Waals surface area (Å²) in [4.78, 5) is 12.3. The van der Waals surface area contributed by atoms with Gasteiger partial charge in [-0.3, -0.25) is 0 Å². The van der Waals surface area contributed by atoms with E-state index in [1.807, 2.05) is 0 Å². The van der Waals surface area contributed by atoms with E-state index < -0.39 is 80.6 Å². The van der Waals surface area contributed by atoms with Crippen molar-refractivity contribution in [3.63, 3.8) is 0 Å². The summed E-state index contributed by atoms with van der Waals surface area (Å²) in [5, 5.41) is 78.7. The zero-order valence-corrected chi connectivity index (χ0v) is 23.5. The third kappa shape index (κ3) is 7.83. The monoisotopic (exact) mass is 624 g/mol. The van der Waals surface area contributed by atoms with Crippen molar-refractivity contribution in [1.29, 1.82) is 0 Å². The Kier molecular flexibility index (Phi) is 11.5. The minimum atomic E-state index is -1.60. The Morgan fingerprint density at radius 1 is 0.750 bits per heavy atom. The van der Waals surface area contributed by atoms with E-state index in [1.54, 1.807) is 18.2 Å². The fourth-order valence-electron chi connectivity index (χ4n) is 4.51. The Morgan fingerprint density at radius 2 is 1.32 bits per heavy atom. The quantitative estimate of drug-likeness (QED) is 0.0980. The smallest absolute Gasteiger partial charge is 0.331 e. The first kappa shape index (κ1) is 33.5. The van der Waals surface area contributed by atoms with Gasteiger partial charge in [0, 0.05) is 6.08 Å². The van der Waals surface area contributed by atoms with Crippen molar-refractivity contribution in [1.82, 2.24) is 0 Å². The molecule has 2 aromatic carbocycles. The van der Waals surface area contributed by atoms with Crippen LogP contribution in [0, 0.1) is 0 Å². The molecule has 2 heterocycles. The minimum Gasteiger partial charge on any atom is -0.493 e. The maximum atomic E-state index is 12.3. The number of methoxy groups -OCH3 is 1. The number of ether oxygens (including phenoxy) is 6. The number of aliphatic hydroxyl groups excluding tert-OH is 8. The second-order valence-electron chi connectivity index (χ2n) is 10.1. The van der Waals surface area contributed by atoms with Crippen LogP contribution in [0.15, 0.2) is 48.5 Å². The zero-order chi connectivity index (χ0) is 32.0. The van der Waals surface area contributed by atoms with E-state index in [9.17, 15) is 45.6 Å². The van der Waals surface area contributed by atoms with E-state index in [2.05, 4.69) is 0 Å². The molecule has 8 N–H and O–H groups in total. The molecule has 0 saturated carbocycles. The highest BCUT2D eigenvalue weighted by Crippen LogP contribution is 2.32. The van der Waals surface area contributed by atoms with Crippen molar-refractivity contribution in [3.05, 3.63) is 59.7 Å². The Labute approximate surface area is 251 Å². The van der Waals surface area contributed by atoms with Gasteiger partial charge in [-0.15, -0.1) is 0 Å². The van der Waals surface area contributed by atoms with Gasteiger partial charge in [0.1, 0.15) is 61.2 Å². The van der Waals surface area contributed by atoms with Crippen LogP contribution in [0.25, 0.3) is 6.08 Å². The summed E-state index contributed by atoms with van der Waals surface area (Å²) >= 11 is 0. The lowest BCUT2D eigenvalue weighted by atomic mass is 9.99. The molecule has 242 valence electrons. The first-order valence-corrected chi connectivity index (χ1v) is 13.6. The molecule has 0 aromatic heterocycles. The summed E-state index contributed by atoms with van der Waals surface area (Å²) < 4.78 is 32.4. The largest absolute Gasteiger partial charge is 0.493 e. The summed E-state index contributed by atoms with van der Waals surface area (Å²) in [5.74, 6) is -0.0384. The van der Waals surface area contributed by atoms with Crippen LogP contribution in [0.4, 0.5) is 0 Å². The summed E-state index contributed by atoms with van der Waals surface area (Å²) in [6.45, 7) is -1.26. The molecule has 2 aromatic rings. The molecule has 2 aliphatic rings. The summed E-state index contributed by atoms with van der Waals surface area (Å²) in [7, 11) is 1.37. The fourth-order valence-corrected chi connectivity index (χ4v) is 4.51. The number of hydrogen-bond donors (Lipinski definition) is 8. The van der Waals surface area contributed by atoms with Crippen LogP contribution in [0.2, 0.25) is 0 Å². The number of rotatable bonds is 11. The predicted octanol–water partition coefficient (Wildman–Crippen LogP) is -2.19. The van der Waals surface area contributed by atoms with E-state index in [1.165, 1.54) is 43.5 Å². The number of hydrogen-bond acceptors (Lipinski definition) is 15. The third-order valence-corrected chi connectivity index (χ3v) is 7.10. The molecule has 0 bridgehead atoms. The van der Waals surface area contributed by atoms with Crippen molar-refractivity contribution in [3.8, 4) is 17.2 Å². The standard InChI is InChI=1S/C29H36O15/c1-39-18-10-14(4-8-17(18)42-29-27(38)25(36)23(34)20(12-31)44-29)5-9-21(32)40-13-15-2-6-16(7-3-15)41-28-26(37)24(35)22(33)19(11-30)43-28/h2-10,19-20,22-31,33-38H,11-13H2,1H3. The highest BCUT2D eigenvalue weighted by Gasteiger charge is 2.46. The van der Waals surface area contributed by atoms with Gasteiger partial charge in [0.25, 0.3) is 0 Å². The van der Waals surface area contributed by atoms with Crippen LogP contribution in [-0.2, 0) is 25.6 Å². The SMILES string of the molecule is COc1cc(C=CC(=O)OCc2ccc(OC3OC(CO)C(O)C(O)C3O)cc2)ccc1OC1OC(CO)C(O)C(O)C1O. The highest BCUT2D eigenvalue weighted by molar-refractivity contribution is 5.87. The number of aliphatic hydroxyl groups is 8. The number of carbonyl (C=O) groups is 1. The molecular weight excluding hydrogens is 588 g/mol. The van der Waals surface area contributed by atoms with Gasteiger partial charge < -0.3 is 69.3 Å². The molecule has 44 heavy (non-hydrogen) atoms.